The predicted octanol–water partition coefficient (Wildman–Crippen LogP) is 4.36. The first-order valence-corrected chi connectivity index (χ1v) is 10.9. The molecule has 1 saturated heterocycles. The number of carbonyl (C=O) groups excluding carboxylic acids is 2. The Morgan fingerprint density at radius 1 is 1.00 bits per heavy atom. The SMILES string of the molecule is CN1C(=O)C(=Cc2cn(CCCOc3ccccc3Cl)c3ccccc23)C(=O)N(C)C1=S. The first-order chi connectivity index (χ1) is 15.4. The number of amides is 2. The van der Waals surface area contributed by atoms with E-state index in [4.69, 9.17) is 28.6 Å². The van der Waals surface area contributed by atoms with Crippen LogP contribution in [0.5, 0.6) is 5.75 Å². The number of likely N-dealkylation sites (N-methyl/N-ethyl adjacent to an activating group) is 2. The zero-order valence-electron chi connectivity index (χ0n) is 17.7. The van der Waals surface area contributed by atoms with E-state index in [1.54, 1.807) is 26.2 Å². The molecule has 164 valence electrons. The molecule has 0 aliphatic carbocycles. The molecular formula is C24H22ClN3O3S. The molecule has 8 heteroatoms. The first kappa shape index (κ1) is 22.0. The predicted molar refractivity (Wildman–Crippen MR) is 130 cm³/mol. The molecule has 0 saturated carbocycles. The number of rotatable bonds is 6. The lowest BCUT2D eigenvalue weighted by molar-refractivity contribution is -0.132. The minimum atomic E-state index is -0.400. The minimum absolute atomic E-state index is 0.0913. The Labute approximate surface area is 196 Å². The summed E-state index contributed by atoms with van der Waals surface area (Å²) < 4.78 is 7.90. The van der Waals surface area contributed by atoms with Gasteiger partial charge < -0.3 is 9.30 Å². The second-order valence-electron chi connectivity index (χ2n) is 7.50. The Balaban J connectivity index is 1.57. The van der Waals surface area contributed by atoms with Crippen LogP contribution in [0.3, 0.4) is 0 Å². The zero-order valence-corrected chi connectivity index (χ0v) is 19.3. The van der Waals surface area contributed by atoms with Gasteiger partial charge >= 0.3 is 0 Å². The van der Waals surface area contributed by atoms with Gasteiger partial charge in [-0.1, -0.05) is 41.9 Å². The molecule has 1 aliphatic heterocycles. The van der Waals surface area contributed by atoms with Gasteiger partial charge in [-0.25, -0.2) is 0 Å². The van der Waals surface area contributed by atoms with E-state index >= 15 is 0 Å². The van der Waals surface area contributed by atoms with Crippen LogP contribution in [0.4, 0.5) is 0 Å². The molecule has 1 fully saturated rings. The Hall–Kier alpha value is -3.16. The number of aromatic nitrogens is 1. The van der Waals surface area contributed by atoms with Gasteiger partial charge in [0.1, 0.15) is 11.3 Å². The molecule has 1 aliphatic rings. The number of benzene rings is 2. The van der Waals surface area contributed by atoms with Crippen LogP contribution in [0.25, 0.3) is 17.0 Å². The van der Waals surface area contributed by atoms with Crippen molar-refractivity contribution in [3.8, 4) is 5.75 Å². The van der Waals surface area contributed by atoms with E-state index in [0.717, 1.165) is 22.9 Å². The number of carbonyl (C=O) groups is 2. The highest BCUT2D eigenvalue weighted by atomic mass is 35.5. The van der Waals surface area contributed by atoms with Gasteiger partial charge in [-0.05, 0) is 42.9 Å². The van der Waals surface area contributed by atoms with Crippen molar-refractivity contribution < 1.29 is 14.3 Å². The summed E-state index contributed by atoms with van der Waals surface area (Å²) in [5.74, 6) is -0.136. The van der Waals surface area contributed by atoms with Crippen molar-refractivity contribution in [2.24, 2.45) is 0 Å². The lowest BCUT2D eigenvalue weighted by Crippen LogP contribution is -2.52. The van der Waals surface area contributed by atoms with Gasteiger partial charge in [0, 0.05) is 43.3 Å². The largest absolute Gasteiger partial charge is 0.492 e. The average molecular weight is 468 g/mol. The van der Waals surface area contributed by atoms with E-state index in [-0.39, 0.29) is 10.7 Å². The monoisotopic (exact) mass is 467 g/mol. The second-order valence-corrected chi connectivity index (χ2v) is 8.27. The highest BCUT2D eigenvalue weighted by molar-refractivity contribution is 7.80. The van der Waals surface area contributed by atoms with Crippen LogP contribution in [0, 0.1) is 0 Å². The van der Waals surface area contributed by atoms with Gasteiger partial charge in [0.05, 0.1) is 11.6 Å². The van der Waals surface area contributed by atoms with Crippen LogP contribution in [-0.4, -0.2) is 52.0 Å². The number of ether oxygens (including phenoxy) is 1. The standard InChI is InChI=1S/C24H22ClN3O3S/c1-26-22(29)18(23(30)27(2)24(26)32)14-16-15-28(20-10-5-3-8-17(16)20)12-7-13-31-21-11-6-4-9-19(21)25/h3-6,8-11,14-15H,7,12-13H2,1-2H3. The number of halogens is 1. The summed E-state index contributed by atoms with van der Waals surface area (Å²) in [6.07, 6.45) is 4.37. The van der Waals surface area contributed by atoms with Crippen LogP contribution in [-0.2, 0) is 16.1 Å². The third-order valence-electron chi connectivity index (χ3n) is 5.40. The first-order valence-electron chi connectivity index (χ1n) is 10.2. The number of aryl methyl sites for hydroxylation is 1. The van der Waals surface area contributed by atoms with Crippen molar-refractivity contribution >= 4 is 57.7 Å². The van der Waals surface area contributed by atoms with Gasteiger partial charge in [0.15, 0.2) is 5.11 Å². The van der Waals surface area contributed by atoms with E-state index in [0.29, 0.717) is 23.9 Å². The maximum atomic E-state index is 12.7. The van der Waals surface area contributed by atoms with Crippen LogP contribution in [0.1, 0.15) is 12.0 Å². The molecule has 4 rings (SSSR count). The summed E-state index contributed by atoms with van der Waals surface area (Å²) >= 11 is 11.3. The van der Waals surface area contributed by atoms with E-state index < -0.39 is 11.8 Å². The summed E-state index contributed by atoms with van der Waals surface area (Å²) in [6, 6.07) is 15.3. The van der Waals surface area contributed by atoms with E-state index in [9.17, 15) is 9.59 Å². The zero-order chi connectivity index (χ0) is 22.8. The summed E-state index contributed by atoms with van der Waals surface area (Å²) in [4.78, 5) is 28.0. The van der Waals surface area contributed by atoms with Crippen LogP contribution in [0.15, 0.2) is 60.3 Å². The molecule has 0 N–H and O–H groups in total. The van der Waals surface area contributed by atoms with Crippen LogP contribution in [0.2, 0.25) is 5.02 Å². The highest BCUT2D eigenvalue weighted by Gasteiger charge is 2.35. The summed E-state index contributed by atoms with van der Waals surface area (Å²) in [5.41, 5.74) is 1.91. The van der Waals surface area contributed by atoms with Crippen molar-refractivity contribution in [1.82, 2.24) is 14.4 Å². The quantitative estimate of drug-likeness (QED) is 0.234. The molecule has 6 nitrogen and oxygen atoms in total. The number of fused-ring (bicyclic) bond motifs is 1. The number of hydrogen-bond acceptors (Lipinski definition) is 4. The van der Waals surface area contributed by atoms with E-state index in [1.807, 2.05) is 48.7 Å². The molecule has 1 aromatic heterocycles. The Morgan fingerprint density at radius 2 is 1.66 bits per heavy atom. The molecule has 0 radical (unpaired) electrons. The highest BCUT2D eigenvalue weighted by Crippen LogP contribution is 2.27. The average Bonchev–Trinajstić information content (AvgIpc) is 3.15. The fourth-order valence-corrected chi connectivity index (χ4v) is 4.04. The topological polar surface area (TPSA) is 54.8 Å². The van der Waals surface area contributed by atoms with Crippen molar-refractivity contribution in [3.05, 3.63) is 70.9 Å². The fraction of sp³-hybridized carbons (Fsp3) is 0.208. The van der Waals surface area contributed by atoms with Gasteiger partial charge in [-0.15, -0.1) is 0 Å². The molecule has 0 atom stereocenters. The summed E-state index contributed by atoms with van der Waals surface area (Å²) in [5, 5.41) is 1.74. The normalized spacial score (nSPS) is 14.5. The van der Waals surface area contributed by atoms with Crippen molar-refractivity contribution in [2.75, 3.05) is 20.7 Å². The van der Waals surface area contributed by atoms with E-state index in [2.05, 4.69) is 4.57 Å². The third-order valence-corrected chi connectivity index (χ3v) is 6.26. The molecule has 0 unspecified atom stereocenters. The van der Waals surface area contributed by atoms with Crippen LogP contribution >= 0.6 is 23.8 Å². The Bertz CT molecular complexity index is 1220. The minimum Gasteiger partial charge on any atom is -0.492 e. The van der Waals surface area contributed by atoms with Gasteiger partial charge in [-0.2, -0.15) is 0 Å². The summed E-state index contributed by atoms with van der Waals surface area (Å²) in [7, 11) is 3.15. The number of thiocarbonyl (C=S) groups is 1. The number of para-hydroxylation sites is 2. The van der Waals surface area contributed by atoms with Gasteiger partial charge in [0.2, 0.25) is 0 Å². The molecular weight excluding hydrogens is 446 g/mol. The van der Waals surface area contributed by atoms with Crippen molar-refractivity contribution in [1.29, 1.82) is 0 Å². The molecule has 2 heterocycles. The smallest absolute Gasteiger partial charge is 0.265 e. The lowest BCUT2D eigenvalue weighted by atomic mass is 10.1. The van der Waals surface area contributed by atoms with Crippen LogP contribution < -0.4 is 4.74 Å². The maximum absolute atomic E-state index is 12.7. The number of nitrogens with zero attached hydrogens (tertiary/aromatic N) is 3. The third kappa shape index (κ3) is 4.13. The van der Waals surface area contributed by atoms with Gasteiger partial charge in [0.25, 0.3) is 11.8 Å². The van der Waals surface area contributed by atoms with Crippen molar-refractivity contribution in [2.45, 2.75) is 13.0 Å². The second kappa shape index (κ2) is 9.14. The van der Waals surface area contributed by atoms with Crippen molar-refractivity contribution in [3.63, 3.8) is 0 Å². The molecule has 0 bridgehead atoms. The molecule has 32 heavy (non-hydrogen) atoms. The molecule has 2 amide bonds. The Morgan fingerprint density at radius 3 is 2.38 bits per heavy atom. The van der Waals surface area contributed by atoms with Gasteiger partial charge in [-0.3, -0.25) is 19.4 Å². The Kier molecular flexibility index (Phi) is 6.30. The molecule has 2 aromatic carbocycles. The number of hydrogen-bond donors (Lipinski definition) is 0. The molecule has 0 spiro atoms. The van der Waals surface area contributed by atoms with E-state index in [1.165, 1.54) is 9.80 Å². The lowest BCUT2D eigenvalue weighted by Gasteiger charge is -2.31. The maximum Gasteiger partial charge on any atom is 0.265 e. The summed E-state index contributed by atoms with van der Waals surface area (Å²) in [6.45, 7) is 1.22. The fourth-order valence-electron chi connectivity index (χ4n) is 3.68. The molecule has 3 aromatic rings.